The van der Waals surface area contributed by atoms with Crippen LogP contribution in [0, 0.1) is 5.41 Å². The summed E-state index contributed by atoms with van der Waals surface area (Å²) >= 11 is 0. The fourth-order valence-corrected chi connectivity index (χ4v) is 3.03. The van der Waals surface area contributed by atoms with Gasteiger partial charge in [0.05, 0.1) is 0 Å². The molecule has 1 aliphatic heterocycles. The van der Waals surface area contributed by atoms with Crippen LogP contribution in [0.15, 0.2) is 0 Å². The summed E-state index contributed by atoms with van der Waals surface area (Å²) in [7, 11) is 0. The van der Waals surface area contributed by atoms with Crippen molar-refractivity contribution >= 4 is 0 Å². The molecule has 1 heterocycles. The molecule has 0 spiro atoms. The molecule has 2 nitrogen and oxygen atoms in total. The Labute approximate surface area is 94.2 Å². The van der Waals surface area contributed by atoms with Crippen LogP contribution in [0.25, 0.3) is 0 Å². The number of nitrogens with one attached hydrogen (secondary N) is 2. The van der Waals surface area contributed by atoms with Crippen molar-refractivity contribution < 1.29 is 0 Å². The van der Waals surface area contributed by atoms with Gasteiger partial charge in [0.1, 0.15) is 0 Å². The molecule has 2 fully saturated rings. The van der Waals surface area contributed by atoms with Crippen molar-refractivity contribution in [2.24, 2.45) is 5.41 Å². The monoisotopic (exact) mass is 210 g/mol. The van der Waals surface area contributed by atoms with Crippen LogP contribution in [0.3, 0.4) is 0 Å². The van der Waals surface area contributed by atoms with Crippen molar-refractivity contribution in [1.29, 1.82) is 0 Å². The smallest absolute Gasteiger partial charge is 0.0243 e. The van der Waals surface area contributed by atoms with Crippen molar-refractivity contribution in [3.05, 3.63) is 0 Å². The van der Waals surface area contributed by atoms with E-state index in [2.05, 4.69) is 24.5 Å². The quantitative estimate of drug-likeness (QED) is 0.747. The molecule has 88 valence electrons. The molecule has 0 radical (unpaired) electrons. The Morgan fingerprint density at radius 3 is 2.60 bits per heavy atom. The van der Waals surface area contributed by atoms with Gasteiger partial charge in [0, 0.05) is 18.6 Å². The number of piperidine rings is 1. The van der Waals surface area contributed by atoms with Gasteiger partial charge in [-0.2, -0.15) is 0 Å². The second-order valence-corrected chi connectivity index (χ2v) is 5.99. The highest BCUT2D eigenvalue weighted by Gasteiger charge is 2.32. The van der Waals surface area contributed by atoms with E-state index in [1.165, 1.54) is 45.1 Å². The van der Waals surface area contributed by atoms with Crippen LogP contribution in [0.2, 0.25) is 0 Å². The first-order chi connectivity index (χ1) is 7.18. The molecule has 2 aliphatic rings. The summed E-state index contributed by atoms with van der Waals surface area (Å²) in [4.78, 5) is 0. The second-order valence-electron chi connectivity index (χ2n) is 5.99. The SMILES string of the molecule is CC1(C)CCCNC1CNC1CCCC1. The highest BCUT2D eigenvalue weighted by atomic mass is 15.0. The topological polar surface area (TPSA) is 24.1 Å². The average molecular weight is 210 g/mol. The second kappa shape index (κ2) is 4.84. The molecule has 0 amide bonds. The zero-order valence-electron chi connectivity index (χ0n) is 10.3. The first-order valence-corrected chi connectivity index (χ1v) is 6.65. The van der Waals surface area contributed by atoms with Crippen molar-refractivity contribution in [1.82, 2.24) is 10.6 Å². The highest BCUT2D eigenvalue weighted by Crippen LogP contribution is 2.30. The molecule has 0 aromatic rings. The van der Waals surface area contributed by atoms with E-state index in [0.717, 1.165) is 12.6 Å². The van der Waals surface area contributed by atoms with Crippen LogP contribution >= 0.6 is 0 Å². The Hall–Kier alpha value is -0.0800. The normalized spacial score (nSPS) is 32.0. The van der Waals surface area contributed by atoms with Crippen LogP contribution in [0.5, 0.6) is 0 Å². The van der Waals surface area contributed by atoms with Crippen LogP contribution in [-0.2, 0) is 0 Å². The summed E-state index contributed by atoms with van der Waals surface area (Å²) < 4.78 is 0. The predicted molar refractivity (Wildman–Crippen MR) is 65.1 cm³/mol. The third-order valence-electron chi connectivity index (χ3n) is 4.30. The van der Waals surface area contributed by atoms with Gasteiger partial charge in [-0.05, 0) is 37.6 Å². The fourth-order valence-electron chi connectivity index (χ4n) is 3.03. The van der Waals surface area contributed by atoms with Crippen molar-refractivity contribution in [3.8, 4) is 0 Å². The van der Waals surface area contributed by atoms with Crippen molar-refractivity contribution in [2.75, 3.05) is 13.1 Å². The molecule has 1 unspecified atom stereocenters. The molecule has 2 heteroatoms. The van der Waals surface area contributed by atoms with E-state index in [4.69, 9.17) is 0 Å². The molecule has 1 saturated carbocycles. The maximum Gasteiger partial charge on any atom is 0.0243 e. The van der Waals surface area contributed by atoms with E-state index < -0.39 is 0 Å². The lowest BCUT2D eigenvalue weighted by Crippen LogP contribution is -2.53. The van der Waals surface area contributed by atoms with Crippen LogP contribution in [0.1, 0.15) is 52.4 Å². The van der Waals surface area contributed by atoms with Crippen LogP contribution in [-0.4, -0.2) is 25.2 Å². The average Bonchev–Trinajstić information content (AvgIpc) is 2.68. The molecule has 0 aromatic heterocycles. The summed E-state index contributed by atoms with van der Waals surface area (Å²) in [5.41, 5.74) is 0.476. The molecule has 1 aliphatic carbocycles. The van der Waals surface area contributed by atoms with E-state index in [-0.39, 0.29) is 0 Å². The Balaban J connectivity index is 1.76. The van der Waals surface area contributed by atoms with Gasteiger partial charge < -0.3 is 10.6 Å². The zero-order valence-corrected chi connectivity index (χ0v) is 10.3. The van der Waals surface area contributed by atoms with Gasteiger partial charge >= 0.3 is 0 Å². The van der Waals surface area contributed by atoms with Gasteiger partial charge in [-0.3, -0.25) is 0 Å². The summed E-state index contributed by atoms with van der Waals surface area (Å²) in [5.74, 6) is 0. The molecule has 0 aromatic carbocycles. The largest absolute Gasteiger partial charge is 0.312 e. The minimum absolute atomic E-state index is 0.476. The Morgan fingerprint density at radius 1 is 1.20 bits per heavy atom. The lowest BCUT2D eigenvalue weighted by Gasteiger charge is -2.40. The first-order valence-electron chi connectivity index (χ1n) is 6.65. The number of hydrogen-bond donors (Lipinski definition) is 2. The first kappa shape index (κ1) is 11.4. The molecule has 1 atom stereocenters. The van der Waals surface area contributed by atoms with Crippen molar-refractivity contribution in [2.45, 2.75) is 64.5 Å². The minimum Gasteiger partial charge on any atom is -0.312 e. The third-order valence-corrected chi connectivity index (χ3v) is 4.30. The van der Waals surface area contributed by atoms with Gasteiger partial charge in [0.25, 0.3) is 0 Å². The van der Waals surface area contributed by atoms with Gasteiger partial charge in [0.15, 0.2) is 0 Å². The lowest BCUT2D eigenvalue weighted by atomic mass is 9.77. The highest BCUT2D eigenvalue weighted by molar-refractivity contribution is 4.90. The molecular formula is C13H26N2. The molecular weight excluding hydrogens is 184 g/mol. The standard InChI is InChI=1S/C13H26N2/c1-13(2)8-5-9-14-12(13)10-15-11-6-3-4-7-11/h11-12,14-15H,3-10H2,1-2H3. The summed E-state index contributed by atoms with van der Waals surface area (Å²) in [6.07, 6.45) is 8.36. The predicted octanol–water partition coefficient (Wildman–Crippen LogP) is 2.30. The summed E-state index contributed by atoms with van der Waals surface area (Å²) in [6.45, 7) is 7.18. The van der Waals surface area contributed by atoms with Gasteiger partial charge in [-0.1, -0.05) is 26.7 Å². The third kappa shape index (κ3) is 2.94. The van der Waals surface area contributed by atoms with Gasteiger partial charge in [-0.15, -0.1) is 0 Å². The van der Waals surface area contributed by atoms with E-state index in [1.807, 2.05) is 0 Å². The summed E-state index contributed by atoms with van der Waals surface area (Å²) in [6, 6.07) is 1.48. The van der Waals surface area contributed by atoms with E-state index in [1.54, 1.807) is 0 Å². The van der Waals surface area contributed by atoms with Crippen molar-refractivity contribution in [3.63, 3.8) is 0 Å². The maximum atomic E-state index is 3.74. The molecule has 2 rings (SSSR count). The van der Waals surface area contributed by atoms with Crippen LogP contribution < -0.4 is 10.6 Å². The number of hydrogen-bond acceptors (Lipinski definition) is 2. The van der Waals surface area contributed by atoms with Gasteiger partial charge in [0.2, 0.25) is 0 Å². The van der Waals surface area contributed by atoms with E-state index in [0.29, 0.717) is 11.5 Å². The lowest BCUT2D eigenvalue weighted by molar-refractivity contribution is 0.173. The minimum atomic E-state index is 0.476. The van der Waals surface area contributed by atoms with Crippen LogP contribution in [0.4, 0.5) is 0 Å². The number of rotatable bonds is 3. The zero-order chi connectivity index (χ0) is 10.7. The molecule has 1 saturated heterocycles. The fraction of sp³-hybridized carbons (Fsp3) is 1.00. The van der Waals surface area contributed by atoms with E-state index >= 15 is 0 Å². The van der Waals surface area contributed by atoms with E-state index in [9.17, 15) is 0 Å². The van der Waals surface area contributed by atoms with Gasteiger partial charge in [-0.25, -0.2) is 0 Å². The Bertz CT molecular complexity index is 195. The maximum absolute atomic E-state index is 3.74. The molecule has 0 bridgehead atoms. The Kier molecular flexibility index (Phi) is 3.68. The molecule has 15 heavy (non-hydrogen) atoms. The molecule has 2 N–H and O–H groups in total. The Morgan fingerprint density at radius 2 is 1.93 bits per heavy atom. The summed E-state index contributed by atoms with van der Waals surface area (Å²) in [5, 5.41) is 7.42.